The Morgan fingerprint density at radius 2 is 1.79 bits per heavy atom. The van der Waals surface area contributed by atoms with Crippen LogP contribution in [0.4, 0.5) is 8.78 Å². The number of rotatable bonds is 6. The Morgan fingerprint density at radius 3 is 2.42 bits per heavy atom. The van der Waals surface area contributed by atoms with Gasteiger partial charge in [0.25, 0.3) is 11.8 Å². The van der Waals surface area contributed by atoms with Crippen molar-refractivity contribution in [1.29, 1.82) is 0 Å². The van der Waals surface area contributed by atoms with E-state index in [9.17, 15) is 18.4 Å². The summed E-state index contributed by atoms with van der Waals surface area (Å²) in [6.07, 6.45) is 1.46. The van der Waals surface area contributed by atoms with Gasteiger partial charge in [-0.1, -0.05) is 17.7 Å². The average Bonchev–Trinajstić information content (AvgIpc) is 3.23. The highest BCUT2D eigenvalue weighted by Gasteiger charge is 2.53. The van der Waals surface area contributed by atoms with Gasteiger partial charge in [0.15, 0.2) is 6.61 Å². The molecule has 2 fully saturated rings. The fourth-order valence-corrected chi connectivity index (χ4v) is 5.38. The van der Waals surface area contributed by atoms with Crippen LogP contribution in [0.1, 0.15) is 27.0 Å². The molecular weight excluding hydrogens is 492 g/mol. The summed E-state index contributed by atoms with van der Waals surface area (Å²) in [6, 6.07) is 9.85. The maximum atomic E-state index is 13.9. The summed E-state index contributed by atoms with van der Waals surface area (Å²) >= 11 is 0. The number of halogens is 2. The second-order valence-corrected chi connectivity index (χ2v) is 10.2. The topological polar surface area (TPSA) is 80.8 Å². The predicted octanol–water partition coefficient (Wildman–Crippen LogP) is 3.99. The lowest BCUT2D eigenvalue weighted by Crippen LogP contribution is -2.57. The van der Waals surface area contributed by atoms with Crippen LogP contribution in [0.2, 0.25) is 0 Å². The summed E-state index contributed by atoms with van der Waals surface area (Å²) in [5, 5.41) is 3.03. The Bertz CT molecular complexity index is 1360. The van der Waals surface area contributed by atoms with E-state index in [0.717, 1.165) is 34.9 Å². The van der Waals surface area contributed by atoms with Crippen LogP contribution in [-0.2, 0) is 9.53 Å². The first-order valence-corrected chi connectivity index (χ1v) is 12.4. The van der Waals surface area contributed by atoms with Gasteiger partial charge in [-0.3, -0.25) is 14.6 Å². The number of aryl methyl sites for hydroxylation is 3. The molecule has 5 rings (SSSR count). The van der Waals surface area contributed by atoms with E-state index in [2.05, 4.69) is 10.3 Å². The normalized spacial score (nSPS) is 17.8. The van der Waals surface area contributed by atoms with Crippen molar-refractivity contribution in [3.8, 4) is 17.0 Å². The first-order valence-electron chi connectivity index (χ1n) is 12.4. The minimum atomic E-state index is -0.759. The molecule has 7 nitrogen and oxygen atoms in total. The Hall–Kier alpha value is -3.85. The number of benzene rings is 2. The molecule has 0 radical (unpaired) electrons. The third-order valence-electron chi connectivity index (χ3n) is 7.22. The molecule has 198 valence electrons. The third kappa shape index (κ3) is 4.98. The fourth-order valence-electron chi connectivity index (χ4n) is 5.38. The van der Waals surface area contributed by atoms with Crippen LogP contribution in [0.15, 0.2) is 48.7 Å². The van der Waals surface area contributed by atoms with Crippen LogP contribution in [0.3, 0.4) is 0 Å². The number of ether oxygens (including phenoxy) is 2. The number of carbonyl (C=O) groups is 2. The average molecular weight is 522 g/mol. The first-order chi connectivity index (χ1) is 18.1. The molecule has 0 aliphatic carbocycles. The van der Waals surface area contributed by atoms with Gasteiger partial charge in [0, 0.05) is 30.9 Å². The molecule has 38 heavy (non-hydrogen) atoms. The summed E-state index contributed by atoms with van der Waals surface area (Å²) in [6.45, 7) is 7.36. The van der Waals surface area contributed by atoms with Gasteiger partial charge >= 0.3 is 0 Å². The molecule has 0 bridgehead atoms. The van der Waals surface area contributed by atoms with E-state index in [1.165, 1.54) is 6.20 Å². The minimum absolute atomic E-state index is 0.111. The van der Waals surface area contributed by atoms with Crippen molar-refractivity contribution in [2.24, 2.45) is 5.41 Å². The van der Waals surface area contributed by atoms with Crippen molar-refractivity contribution in [2.45, 2.75) is 26.8 Å². The van der Waals surface area contributed by atoms with Crippen LogP contribution in [-0.4, -0.2) is 60.7 Å². The second-order valence-electron chi connectivity index (χ2n) is 10.2. The SMILES string of the molecule is Cc1cc(C)c(OCC(=O)N2CC(NC(=O)c3cccnc3-c3cc(F)cc(F)c3)C3(COC3)C2)c(C)c1. The summed E-state index contributed by atoms with van der Waals surface area (Å²) in [7, 11) is 0. The molecule has 9 heteroatoms. The van der Waals surface area contributed by atoms with Crippen LogP contribution in [0, 0.1) is 37.8 Å². The minimum Gasteiger partial charge on any atom is -0.483 e. The van der Waals surface area contributed by atoms with Crippen molar-refractivity contribution in [3.05, 3.63) is 82.5 Å². The van der Waals surface area contributed by atoms with Gasteiger partial charge in [-0.05, 0) is 56.2 Å². The Kier molecular flexibility index (Phi) is 6.88. The number of nitrogens with one attached hydrogen (secondary N) is 1. The van der Waals surface area contributed by atoms with Crippen molar-refractivity contribution in [1.82, 2.24) is 15.2 Å². The predicted molar refractivity (Wildman–Crippen MR) is 137 cm³/mol. The smallest absolute Gasteiger partial charge is 0.260 e. The quantitative estimate of drug-likeness (QED) is 0.531. The molecule has 2 saturated heterocycles. The monoisotopic (exact) mass is 521 g/mol. The van der Waals surface area contributed by atoms with E-state index in [1.54, 1.807) is 17.0 Å². The Labute approximate surface area is 219 Å². The van der Waals surface area contributed by atoms with Crippen molar-refractivity contribution >= 4 is 11.8 Å². The van der Waals surface area contributed by atoms with E-state index >= 15 is 0 Å². The molecule has 3 heterocycles. The molecule has 2 aliphatic rings. The molecule has 1 spiro atoms. The molecular formula is C29H29F2N3O4. The van der Waals surface area contributed by atoms with Gasteiger partial charge in [-0.2, -0.15) is 0 Å². The molecule has 2 aromatic carbocycles. The summed E-state index contributed by atoms with van der Waals surface area (Å²) < 4.78 is 39.1. The maximum absolute atomic E-state index is 13.9. The third-order valence-corrected chi connectivity index (χ3v) is 7.22. The van der Waals surface area contributed by atoms with E-state index in [0.29, 0.717) is 32.1 Å². The summed E-state index contributed by atoms with van der Waals surface area (Å²) in [5.41, 5.74) is 3.18. The van der Waals surface area contributed by atoms with E-state index < -0.39 is 23.0 Å². The lowest BCUT2D eigenvalue weighted by atomic mass is 9.81. The number of likely N-dealkylation sites (tertiary alicyclic amines) is 1. The first kappa shape index (κ1) is 25.8. The number of carbonyl (C=O) groups excluding carboxylic acids is 2. The van der Waals surface area contributed by atoms with Crippen molar-refractivity contribution < 1.29 is 27.8 Å². The number of nitrogens with zero attached hydrogens (tertiary/aromatic N) is 2. The molecule has 3 aromatic rings. The highest BCUT2D eigenvalue weighted by molar-refractivity contribution is 6.00. The van der Waals surface area contributed by atoms with Crippen LogP contribution in [0.25, 0.3) is 11.3 Å². The zero-order valence-electron chi connectivity index (χ0n) is 21.5. The Morgan fingerprint density at radius 1 is 1.11 bits per heavy atom. The Balaban J connectivity index is 1.30. The van der Waals surface area contributed by atoms with Gasteiger partial charge in [-0.15, -0.1) is 0 Å². The van der Waals surface area contributed by atoms with Crippen LogP contribution >= 0.6 is 0 Å². The zero-order valence-corrected chi connectivity index (χ0v) is 21.5. The van der Waals surface area contributed by atoms with E-state index in [4.69, 9.17) is 9.47 Å². The fraction of sp³-hybridized carbons (Fsp3) is 0.345. The lowest BCUT2D eigenvalue weighted by Gasteiger charge is -2.42. The zero-order chi connectivity index (χ0) is 27.0. The number of aromatic nitrogens is 1. The van der Waals surface area contributed by atoms with Crippen molar-refractivity contribution in [3.63, 3.8) is 0 Å². The largest absolute Gasteiger partial charge is 0.483 e. The van der Waals surface area contributed by atoms with E-state index in [-0.39, 0.29) is 35.4 Å². The standard InChI is InChI=1S/C29H29F2N3O4/c1-17-7-18(2)27(19(3)8-17)38-13-25(35)34-12-24(29(14-34)15-37-16-29)33-28(36)23-5-4-6-32-26(23)20-9-21(30)11-22(31)10-20/h4-11,24H,12-16H2,1-3H3,(H,33,36). The van der Waals surface area contributed by atoms with Crippen molar-refractivity contribution in [2.75, 3.05) is 32.9 Å². The second kappa shape index (κ2) is 10.1. The van der Waals surface area contributed by atoms with Crippen LogP contribution in [0.5, 0.6) is 5.75 Å². The summed E-state index contributed by atoms with van der Waals surface area (Å²) in [4.78, 5) is 32.4. The molecule has 1 aromatic heterocycles. The van der Waals surface area contributed by atoms with Gasteiger partial charge in [0.05, 0.1) is 35.9 Å². The molecule has 1 N–H and O–H groups in total. The van der Waals surface area contributed by atoms with Crippen LogP contribution < -0.4 is 10.1 Å². The molecule has 2 amide bonds. The highest BCUT2D eigenvalue weighted by Crippen LogP contribution is 2.38. The number of hydrogen-bond acceptors (Lipinski definition) is 5. The van der Waals surface area contributed by atoms with Gasteiger partial charge < -0.3 is 19.7 Å². The number of hydrogen-bond donors (Lipinski definition) is 1. The number of pyridine rings is 1. The van der Waals surface area contributed by atoms with Gasteiger partial charge in [-0.25, -0.2) is 8.78 Å². The molecule has 2 aliphatic heterocycles. The summed E-state index contributed by atoms with van der Waals surface area (Å²) in [5.74, 6) is -1.43. The highest BCUT2D eigenvalue weighted by atomic mass is 19.1. The van der Waals surface area contributed by atoms with E-state index in [1.807, 2.05) is 32.9 Å². The lowest BCUT2D eigenvalue weighted by molar-refractivity contribution is -0.137. The molecule has 1 atom stereocenters. The van der Waals surface area contributed by atoms with Gasteiger partial charge in [0.1, 0.15) is 17.4 Å². The maximum Gasteiger partial charge on any atom is 0.260 e. The molecule has 0 saturated carbocycles. The molecule has 1 unspecified atom stereocenters. The van der Waals surface area contributed by atoms with Gasteiger partial charge in [0.2, 0.25) is 0 Å². The number of amides is 2.